The highest BCUT2D eigenvalue weighted by Crippen LogP contribution is 2.37. The van der Waals surface area contributed by atoms with Crippen molar-refractivity contribution < 1.29 is 4.79 Å². The molecule has 20 heavy (non-hydrogen) atoms. The van der Waals surface area contributed by atoms with Gasteiger partial charge in [-0.15, -0.1) is 0 Å². The number of anilines is 2. The minimum absolute atomic E-state index is 0.0424. The second kappa shape index (κ2) is 5.00. The van der Waals surface area contributed by atoms with Crippen LogP contribution in [0.3, 0.4) is 0 Å². The second-order valence-corrected chi connectivity index (χ2v) is 6.66. The highest BCUT2D eigenvalue weighted by molar-refractivity contribution is 6.02. The molecule has 1 atom stereocenters. The van der Waals surface area contributed by atoms with Crippen LogP contribution in [-0.4, -0.2) is 25.0 Å². The van der Waals surface area contributed by atoms with E-state index in [1.54, 1.807) is 0 Å². The SMILES string of the molecule is CC1(C)CCC(NC(=O)c2cccc3c2NCCN3)C1. The Morgan fingerprint density at radius 3 is 2.85 bits per heavy atom. The maximum atomic E-state index is 12.5. The summed E-state index contributed by atoms with van der Waals surface area (Å²) >= 11 is 0. The zero-order chi connectivity index (χ0) is 14.2. The van der Waals surface area contributed by atoms with Crippen molar-refractivity contribution in [3.05, 3.63) is 23.8 Å². The molecule has 1 saturated carbocycles. The Kier molecular flexibility index (Phi) is 3.32. The van der Waals surface area contributed by atoms with Gasteiger partial charge >= 0.3 is 0 Å². The molecule has 1 unspecified atom stereocenters. The number of nitrogens with one attached hydrogen (secondary N) is 3. The van der Waals surface area contributed by atoms with E-state index in [1.165, 1.54) is 6.42 Å². The molecule has 1 heterocycles. The number of carbonyl (C=O) groups is 1. The molecule has 1 aromatic carbocycles. The van der Waals surface area contributed by atoms with Gasteiger partial charge in [-0.25, -0.2) is 0 Å². The van der Waals surface area contributed by atoms with Crippen molar-refractivity contribution >= 4 is 17.3 Å². The second-order valence-electron chi connectivity index (χ2n) is 6.66. The van der Waals surface area contributed by atoms with E-state index in [2.05, 4.69) is 29.8 Å². The van der Waals surface area contributed by atoms with Crippen LogP contribution in [0, 0.1) is 5.41 Å². The third-order valence-corrected chi connectivity index (χ3v) is 4.36. The minimum Gasteiger partial charge on any atom is -0.382 e. The first-order valence-corrected chi connectivity index (χ1v) is 7.47. The van der Waals surface area contributed by atoms with Crippen LogP contribution in [-0.2, 0) is 0 Å². The van der Waals surface area contributed by atoms with Crippen LogP contribution in [0.1, 0.15) is 43.5 Å². The fourth-order valence-corrected chi connectivity index (χ4v) is 3.29. The van der Waals surface area contributed by atoms with E-state index >= 15 is 0 Å². The van der Waals surface area contributed by atoms with Crippen LogP contribution in [0.15, 0.2) is 18.2 Å². The van der Waals surface area contributed by atoms with Crippen LogP contribution in [0.25, 0.3) is 0 Å². The molecule has 108 valence electrons. The maximum absolute atomic E-state index is 12.5. The van der Waals surface area contributed by atoms with Crippen molar-refractivity contribution in [1.29, 1.82) is 0 Å². The zero-order valence-corrected chi connectivity index (χ0v) is 12.3. The van der Waals surface area contributed by atoms with Gasteiger partial charge in [-0.3, -0.25) is 4.79 Å². The lowest BCUT2D eigenvalue weighted by Gasteiger charge is -2.23. The highest BCUT2D eigenvalue weighted by Gasteiger charge is 2.32. The summed E-state index contributed by atoms with van der Waals surface area (Å²) in [7, 11) is 0. The molecule has 1 aromatic rings. The Balaban J connectivity index is 1.75. The molecule has 3 rings (SSSR count). The van der Waals surface area contributed by atoms with Gasteiger partial charge in [-0.05, 0) is 36.8 Å². The summed E-state index contributed by atoms with van der Waals surface area (Å²) in [5.74, 6) is 0.0424. The molecule has 4 heteroatoms. The number of carbonyl (C=O) groups excluding carboxylic acids is 1. The third kappa shape index (κ3) is 2.60. The predicted molar refractivity (Wildman–Crippen MR) is 82.3 cm³/mol. The molecule has 1 fully saturated rings. The topological polar surface area (TPSA) is 53.2 Å². The molecular formula is C16H23N3O. The van der Waals surface area contributed by atoms with Crippen molar-refractivity contribution in [1.82, 2.24) is 5.32 Å². The summed E-state index contributed by atoms with van der Waals surface area (Å²) < 4.78 is 0. The molecule has 0 saturated heterocycles. The molecule has 0 spiro atoms. The van der Waals surface area contributed by atoms with E-state index in [-0.39, 0.29) is 5.91 Å². The number of fused-ring (bicyclic) bond motifs is 1. The Bertz CT molecular complexity index is 524. The number of rotatable bonds is 2. The van der Waals surface area contributed by atoms with Crippen LogP contribution in [0.2, 0.25) is 0 Å². The van der Waals surface area contributed by atoms with Crippen molar-refractivity contribution in [3.63, 3.8) is 0 Å². The standard InChI is InChI=1S/C16H23N3O/c1-16(2)7-6-11(10-16)19-15(20)12-4-3-5-13-14(12)18-9-8-17-13/h3-5,11,17-18H,6-10H2,1-2H3,(H,19,20). The molecule has 4 nitrogen and oxygen atoms in total. The van der Waals surface area contributed by atoms with Crippen LogP contribution < -0.4 is 16.0 Å². The molecule has 0 radical (unpaired) electrons. The first-order valence-electron chi connectivity index (χ1n) is 7.47. The Labute approximate surface area is 120 Å². The summed E-state index contributed by atoms with van der Waals surface area (Å²) in [6.07, 6.45) is 3.34. The zero-order valence-electron chi connectivity index (χ0n) is 12.3. The number of hydrogen-bond acceptors (Lipinski definition) is 3. The van der Waals surface area contributed by atoms with Crippen molar-refractivity contribution in [2.75, 3.05) is 23.7 Å². The Morgan fingerprint density at radius 1 is 1.30 bits per heavy atom. The summed E-state index contributed by atoms with van der Waals surface area (Å²) in [6, 6.07) is 6.15. The Morgan fingerprint density at radius 2 is 2.10 bits per heavy atom. The summed E-state index contributed by atoms with van der Waals surface area (Å²) in [5.41, 5.74) is 3.07. The largest absolute Gasteiger partial charge is 0.382 e. The molecule has 1 aliphatic heterocycles. The molecule has 3 N–H and O–H groups in total. The normalized spacial score (nSPS) is 23.4. The van der Waals surface area contributed by atoms with Gasteiger partial charge in [0.1, 0.15) is 0 Å². The van der Waals surface area contributed by atoms with Gasteiger partial charge in [-0.2, -0.15) is 0 Å². The number of para-hydroxylation sites is 1. The molecule has 1 amide bonds. The van der Waals surface area contributed by atoms with Gasteiger partial charge in [-0.1, -0.05) is 19.9 Å². The summed E-state index contributed by atoms with van der Waals surface area (Å²) in [4.78, 5) is 12.5. The fourth-order valence-electron chi connectivity index (χ4n) is 3.29. The van der Waals surface area contributed by atoms with Crippen LogP contribution in [0.4, 0.5) is 11.4 Å². The molecule has 1 aliphatic carbocycles. The lowest BCUT2D eigenvalue weighted by molar-refractivity contribution is 0.0937. The van der Waals surface area contributed by atoms with Crippen molar-refractivity contribution in [2.24, 2.45) is 5.41 Å². The molecule has 2 aliphatic rings. The third-order valence-electron chi connectivity index (χ3n) is 4.36. The smallest absolute Gasteiger partial charge is 0.253 e. The number of hydrogen-bond donors (Lipinski definition) is 3. The average molecular weight is 273 g/mol. The van der Waals surface area contributed by atoms with Crippen LogP contribution in [0.5, 0.6) is 0 Å². The van der Waals surface area contributed by atoms with Gasteiger partial charge in [0.15, 0.2) is 0 Å². The van der Waals surface area contributed by atoms with Gasteiger partial charge in [0.05, 0.1) is 16.9 Å². The number of amides is 1. The molecule has 0 bridgehead atoms. The predicted octanol–water partition coefficient (Wildman–Crippen LogP) is 2.83. The van der Waals surface area contributed by atoms with E-state index in [1.807, 2.05) is 18.2 Å². The van der Waals surface area contributed by atoms with E-state index in [0.717, 1.165) is 42.9 Å². The quantitative estimate of drug-likeness (QED) is 0.776. The minimum atomic E-state index is 0.0424. The molecule has 0 aromatic heterocycles. The van der Waals surface area contributed by atoms with Gasteiger partial charge in [0.2, 0.25) is 0 Å². The van der Waals surface area contributed by atoms with Gasteiger partial charge in [0, 0.05) is 19.1 Å². The lowest BCUT2D eigenvalue weighted by Crippen LogP contribution is -2.34. The average Bonchev–Trinajstić information content (AvgIpc) is 2.77. The summed E-state index contributed by atoms with van der Waals surface area (Å²) in [6.45, 7) is 6.30. The van der Waals surface area contributed by atoms with Crippen molar-refractivity contribution in [3.8, 4) is 0 Å². The van der Waals surface area contributed by atoms with Gasteiger partial charge in [0.25, 0.3) is 5.91 Å². The first-order chi connectivity index (χ1) is 9.55. The fraction of sp³-hybridized carbons (Fsp3) is 0.562. The van der Waals surface area contributed by atoms with Gasteiger partial charge < -0.3 is 16.0 Å². The van der Waals surface area contributed by atoms with E-state index < -0.39 is 0 Å². The lowest BCUT2D eigenvalue weighted by atomic mass is 9.92. The highest BCUT2D eigenvalue weighted by atomic mass is 16.1. The van der Waals surface area contributed by atoms with Crippen LogP contribution >= 0.6 is 0 Å². The van der Waals surface area contributed by atoms with E-state index in [0.29, 0.717) is 11.5 Å². The monoisotopic (exact) mass is 273 g/mol. The maximum Gasteiger partial charge on any atom is 0.253 e. The summed E-state index contributed by atoms with van der Waals surface area (Å²) in [5, 5.41) is 9.85. The number of benzene rings is 1. The van der Waals surface area contributed by atoms with E-state index in [4.69, 9.17) is 0 Å². The van der Waals surface area contributed by atoms with E-state index in [9.17, 15) is 4.79 Å². The Hall–Kier alpha value is -1.71. The molecular weight excluding hydrogens is 250 g/mol. The van der Waals surface area contributed by atoms with Crippen molar-refractivity contribution in [2.45, 2.75) is 39.2 Å². The first kappa shape index (κ1) is 13.3.